The maximum absolute atomic E-state index is 13.7. The van der Waals surface area contributed by atoms with Gasteiger partial charge in [-0.05, 0) is 25.3 Å². The Bertz CT molecular complexity index is 694. The molecule has 1 heterocycles. The third kappa shape index (κ3) is 6.02. The smallest absolute Gasteiger partial charge is 0.338 e. The lowest BCUT2D eigenvalue weighted by Gasteiger charge is -2.20. The van der Waals surface area contributed by atoms with Crippen molar-refractivity contribution in [1.82, 2.24) is 10.6 Å². The van der Waals surface area contributed by atoms with Gasteiger partial charge in [-0.1, -0.05) is 32.0 Å². The molecule has 0 aromatic heterocycles. The number of esters is 1. The number of rotatable bonds is 9. The zero-order valence-electron chi connectivity index (χ0n) is 15.7. The summed E-state index contributed by atoms with van der Waals surface area (Å²) in [5.41, 5.74) is 0.355. The quantitative estimate of drug-likeness (QED) is 0.497. The van der Waals surface area contributed by atoms with Gasteiger partial charge in [0.1, 0.15) is 11.9 Å². The molecule has 7 nitrogen and oxygen atoms in total. The Kier molecular flexibility index (Phi) is 7.29. The predicted molar refractivity (Wildman–Crippen MR) is 94.9 cm³/mol. The van der Waals surface area contributed by atoms with E-state index in [9.17, 15) is 18.8 Å². The average Bonchev–Trinajstić information content (AvgIpc) is 3.41. The second-order valence-corrected chi connectivity index (χ2v) is 6.73. The maximum atomic E-state index is 13.7. The highest BCUT2D eigenvalue weighted by molar-refractivity contribution is 5.95. The third-order valence-electron chi connectivity index (χ3n) is 4.02. The van der Waals surface area contributed by atoms with Crippen LogP contribution in [0.1, 0.15) is 32.8 Å². The summed E-state index contributed by atoms with van der Waals surface area (Å²) < 4.78 is 23.5. The van der Waals surface area contributed by atoms with Crippen molar-refractivity contribution in [2.75, 3.05) is 6.61 Å². The average molecular weight is 380 g/mol. The zero-order chi connectivity index (χ0) is 20.0. The lowest BCUT2D eigenvalue weighted by molar-refractivity contribution is -0.144. The van der Waals surface area contributed by atoms with Crippen molar-refractivity contribution in [2.24, 2.45) is 5.92 Å². The van der Waals surface area contributed by atoms with Crippen LogP contribution in [-0.4, -0.2) is 42.6 Å². The molecule has 2 N–H and O–H groups in total. The van der Waals surface area contributed by atoms with Gasteiger partial charge in [0.15, 0.2) is 12.2 Å². The molecule has 0 spiro atoms. The van der Waals surface area contributed by atoms with Crippen molar-refractivity contribution in [3.8, 4) is 0 Å². The van der Waals surface area contributed by atoms with Gasteiger partial charge < -0.3 is 20.1 Å². The zero-order valence-corrected chi connectivity index (χ0v) is 15.7. The van der Waals surface area contributed by atoms with E-state index in [1.807, 2.05) is 13.8 Å². The van der Waals surface area contributed by atoms with Gasteiger partial charge in [0, 0.05) is 12.1 Å². The summed E-state index contributed by atoms with van der Waals surface area (Å²) >= 11 is 0. The monoisotopic (exact) mass is 380 g/mol. The number of carbonyl (C=O) groups excluding carboxylic acids is 3. The van der Waals surface area contributed by atoms with Gasteiger partial charge in [-0.15, -0.1) is 0 Å². The first-order valence-corrected chi connectivity index (χ1v) is 8.97. The summed E-state index contributed by atoms with van der Waals surface area (Å²) in [6.45, 7) is 5.70. The van der Waals surface area contributed by atoms with E-state index in [0.717, 1.165) is 0 Å². The van der Waals surface area contributed by atoms with Crippen molar-refractivity contribution in [1.29, 1.82) is 0 Å². The van der Waals surface area contributed by atoms with Gasteiger partial charge in [0.2, 0.25) is 5.91 Å². The highest BCUT2D eigenvalue weighted by atomic mass is 19.1. The largest absolute Gasteiger partial charge is 0.464 e. The molecule has 1 aliphatic heterocycles. The lowest BCUT2D eigenvalue weighted by atomic mass is 10.0. The molecular formula is C19H25FN2O5. The van der Waals surface area contributed by atoms with E-state index >= 15 is 0 Å². The van der Waals surface area contributed by atoms with E-state index in [1.165, 1.54) is 6.07 Å². The van der Waals surface area contributed by atoms with Crippen LogP contribution in [0, 0.1) is 11.7 Å². The molecule has 1 fully saturated rings. The van der Waals surface area contributed by atoms with Crippen LogP contribution >= 0.6 is 0 Å². The number of amides is 2. The van der Waals surface area contributed by atoms with Gasteiger partial charge in [0.05, 0.1) is 6.61 Å². The Morgan fingerprint density at radius 1 is 1.22 bits per heavy atom. The van der Waals surface area contributed by atoms with E-state index in [4.69, 9.17) is 9.47 Å². The number of carbonyl (C=O) groups is 3. The van der Waals surface area contributed by atoms with Crippen molar-refractivity contribution in [3.63, 3.8) is 0 Å². The summed E-state index contributed by atoms with van der Waals surface area (Å²) in [5.74, 6) is -1.84. The van der Waals surface area contributed by atoms with Crippen molar-refractivity contribution in [3.05, 3.63) is 35.6 Å². The molecule has 8 heteroatoms. The van der Waals surface area contributed by atoms with Crippen LogP contribution in [0.3, 0.4) is 0 Å². The van der Waals surface area contributed by atoms with E-state index in [2.05, 4.69) is 10.6 Å². The fourth-order valence-electron chi connectivity index (χ4n) is 2.62. The van der Waals surface area contributed by atoms with Crippen molar-refractivity contribution >= 4 is 17.8 Å². The number of ether oxygens (including phenoxy) is 2. The second kappa shape index (κ2) is 9.45. The molecule has 148 valence electrons. The number of benzene rings is 1. The van der Waals surface area contributed by atoms with Gasteiger partial charge in [-0.3, -0.25) is 9.59 Å². The van der Waals surface area contributed by atoms with Gasteiger partial charge in [-0.2, -0.15) is 0 Å². The third-order valence-corrected chi connectivity index (χ3v) is 4.02. The minimum Gasteiger partial charge on any atom is -0.464 e. The normalized spacial score (nSPS) is 19.3. The van der Waals surface area contributed by atoms with E-state index in [-0.39, 0.29) is 19.1 Å². The first kappa shape index (κ1) is 20.8. The van der Waals surface area contributed by atoms with Crippen LogP contribution in [-0.2, 0) is 30.4 Å². The molecular weight excluding hydrogens is 355 g/mol. The molecule has 27 heavy (non-hydrogen) atoms. The summed E-state index contributed by atoms with van der Waals surface area (Å²) in [5, 5.41) is 5.25. The van der Waals surface area contributed by atoms with Crippen LogP contribution in [0.15, 0.2) is 24.3 Å². The summed E-state index contributed by atoms with van der Waals surface area (Å²) in [4.78, 5) is 36.3. The van der Waals surface area contributed by atoms with E-state index < -0.39 is 41.9 Å². The van der Waals surface area contributed by atoms with Crippen LogP contribution in [0.4, 0.5) is 4.39 Å². The van der Waals surface area contributed by atoms with Gasteiger partial charge in [0.25, 0.3) is 5.91 Å². The first-order valence-electron chi connectivity index (χ1n) is 8.97. The van der Waals surface area contributed by atoms with E-state index in [1.54, 1.807) is 25.1 Å². The molecule has 0 bridgehead atoms. The summed E-state index contributed by atoms with van der Waals surface area (Å²) in [7, 11) is 0. The minimum atomic E-state index is -0.946. The predicted octanol–water partition coefficient (Wildman–Crippen LogP) is 1.30. The summed E-state index contributed by atoms with van der Waals surface area (Å²) in [6, 6.07) is 5.33. The number of hydrogen-bond acceptors (Lipinski definition) is 5. The van der Waals surface area contributed by atoms with Crippen LogP contribution < -0.4 is 10.6 Å². The number of nitrogens with one attached hydrogen (secondary N) is 2. The molecule has 1 aromatic carbocycles. The van der Waals surface area contributed by atoms with Crippen LogP contribution in [0.5, 0.6) is 0 Å². The topological polar surface area (TPSA) is 97.0 Å². The Morgan fingerprint density at radius 3 is 2.56 bits per heavy atom. The molecule has 1 saturated heterocycles. The van der Waals surface area contributed by atoms with Gasteiger partial charge in [-0.25, -0.2) is 9.18 Å². The Labute approximate surface area is 157 Å². The highest BCUT2D eigenvalue weighted by Crippen LogP contribution is 2.24. The second-order valence-electron chi connectivity index (χ2n) is 6.73. The SMILES string of the molecule is CCOC(=O)[C@H]1O[C@@H]1C(=O)N[C@@H](CC(C)C)C(=O)NCc1ccccc1F. The molecule has 0 aliphatic carbocycles. The number of hydrogen-bond donors (Lipinski definition) is 2. The van der Waals surface area contributed by atoms with Crippen molar-refractivity contribution < 1.29 is 28.2 Å². The standard InChI is InChI=1S/C19H25FN2O5/c1-4-26-19(25)16-15(27-16)18(24)22-14(9-11(2)3)17(23)21-10-12-7-5-6-8-13(12)20/h5-8,11,14-16H,4,9-10H2,1-3H3,(H,21,23)(H,22,24)/t14-,15-,16-/m0/s1. The summed E-state index contributed by atoms with van der Waals surface area (Å²) in [6.07, 6.45) is -1.48. The molecule has 2 rings (SSSR count). The molecule has 2 amide bonds. The fraction of sp³-hybridized carbons (Fsp3) is 0.526. The van der Waals surface area contributed by atoms with Crippen LogP contribution in [0.2, 0.25) is 0 Å². The Morgan fingerprint density at radius 2 is 1.93 bits per heavy atom. The Balaban J connectivity index is 1.92. The number of epoxide rings is 1. The fourth-order valence-corrected chi connectivity index (χ4v) is 2.62. The first-order chi connectivity index (χ1) is 12.8. The molecule has 1 aliphatic rings. The molecule has 0 saturated carbocycles. The van der Waals surface area contributed by atoms with E-state index in [0.29, 0.717) is 12.0 Å². The Hall–Kier alpha value is -2.48. The maximum Gasteiger partial charge on any atom is 0.338 e. The highest BCUT2D eigenvalue weighted by Gasteiger charge is 2.52. The molecule has 0 radical (unpaired) electrons. The number of halogens is 1. The molecule has 0 unspecified atom stereocenters. The van der Waals surface area contributed by atoms with Crippen LogP contribution in [0.25, 0.3) is 0 Å². The molecule has 3 atom stereocenters. The lowest BCUT2D eigenvalue weighted by Crippen LogP contribution is -2.49. The van der Waals surface area contributed by atoms with Gasteiger partial charge >= 0.3 is 5.97 Å². The minimum absolute atomic E-state index is 0.0152. The van der Waals surface area contributed by atoms with Crippen molar-refractivity contribution in [2.45, 2.75) is 52.0 Å². The molecule has 1 aromatic rings.